The van der Waals surface area contributed by atoms with Gasteiger partial charge >= 0.3 is 0 Å². The van der Waals surface area contributed by atoms with Crippen LogP contribution in [0, 0.1) is 29.1 Å². The Hall–Kier alpha value is -0.0800. The van der Waals surface area contributed by atoms with Gasteiger partial charge in [0.05, 0.1) is 12.7 Å². The zero-order valence-electron chi connectivity index (χ0n) is 13.7. The van der Waals surface area contributed by atoms with Crippen molar-refractivity contribution in [3.63, 3.8) is 0 Å². The molecule has 0 aliphatic heterocycles. The van der Waals surface area contributed by atoms with Crippen molar-refractivity contribution in [2.45, 2.75) is 83.3 Å². The number of nitrogens with two attached hydrogens (primary N) is 1. The van der Waals surface area contributed by atoms with Crippen LogP contribution >= 0.6 is 0 Å². The van der Waals surface area contributed by atoms with Crippen molar-refractivity contribution in [2.75, 3.05) is 6.61 Å². The fourth-order valence-electron chi connectivity index (χ4n) is 6.44. The van der Waals surface area contributed by atoms with Gasteiger partial charge in [0.2, 0.25) is 0 Å². The number of hydrogen-bond acceptors (Lipinski definition) is 2. The quantitative estimate of drug-likeness (QED) is 0.845. The number of rotatable bonds is 4. The van der Waals surface area contributed by atoms with E-state index in [2.05, 4.69) is 6.92 Å². The predicted molar refractivity (Wildman–Crippen MR) is 86.0 cm³/mol. The maximum absolute atomic E-state index is 6.69. The summed E-state index contributed by atoms with van der Waals surface area (Å²) in [5.41, 5.74) is 7.15. The summed E-state index contributed by atoms with van der Waals surface area (Å²) < 4.78 is 6.26. The van der Waals surface area contributed by atoms with Gasteiger partial charge < -0.3 is 10.5 Å². The SMILES string of the molecule is CC1CCC(OCC(N)C23CC4CC(CC(C4)C2)C3)CC1. The van der Waals surface area contributed by atoms with E-state index in [0.717, 1.165) is 30.3 Å². The van der Waals surface area contributed by atoms with Crippen molar-refractivity contribution >= 4 is 0 Å². The third kappa shape index (κ3) is 2.79. The second kappa shape index (κ2) is 5.53. The van der Waals surface area contributed by atoms with Crippen LogP contribution in [0.3, 0.4) is 0 Å². The highest BCUT2D eigenvalue weighted by Gasteiger charge is 2.53. The van der Waals surface area contributed by atoms with E-state index in [9.17, 15) is 0 Å². The predicted octanol–water partition coefficient (Wildman–Crippen LogP) is 4.13. The Morgan fingerprint density at radius 3 is 2.00 bits per heavy atom. The van der Waals surface area contributed by atoms with Gasteiger partial charge in [0.25, 0.3) is 0 Å². The summed E-state index contributed by atoms with van der Waals surface area (Å²) in [6, 6.07) is 0.297. The van der Waals surface area contributed by atoms with Gasteiger partial charge in [0.15, 0.2) is 0 Å². The van der Waals surface area contributed by atoms with E-state index in [1.807, 2.05) is 0 Å². The minimum Gasteiger partial charge on any atom is -0.377 e. The lowest BCUT2D eigenvalue weighted by Crippen LogP contribution is -2.56. The molecule has 0 spiro atoms. The minimum absolute atomic E-state index is 0.297. The summed E-state index contributed by atoms with van der Waals surface area (Å²) in [5.74, 6) is 3.90. The van der Waals surface area contributed by atoms with E-state index in [0.29, 0.717) is 17.6 Å². The molecule has 0 aromatic carbocycles. The fourth-order valence-corrected chi connectivity index (χ4v) is 6.44. The van der Waals surface area contributed by atoms with Crippen LogP contribution in [0.5, 0.6) is 0 Å². The summed E-state index contributed by atoms with van der Waals surface area (Å²) in [6.45, 7) is 3.20. The first-order chi connectivity index (χ1) is 10.1. The Balaban J connectivity index is 1.33. The van der Waals surface area contributed by atoms with Gasteiger partial charge in [-0.1, -0.05) is 6.92 Å². The monoisotopic (exact) mass is 291 g/mol. The lowest BCUT2D eigenvalue weighted by atomic mass is 9.48. The van der Waals surface area contributed by atoms with Crippen LogP contribution in [0.15, 0.2) is 0 Å². The molecule has 5 fully saturated rings. The molecule has 0 aromatic rings. The standard InChI is InChI=1S/C19H33NO/c1-13-2-4-17(5-3-13)21-12-18(20)19-9-14-6-15(10-19)8-16(7-14)11-19/h13-18H,2-12,20H2,1H3. The van der Waals surface area contributed by atoms with Gasteiger partial charge in [-0.2, -0.15) is 0 Å². The van der Waals surface area contributed by atoms with Crippen LogP contribution in [0.4, 0.5) is 0 Å². The molecule has 0 radical (unpaired) electrons. The van der Waals surface area contributed by atoms with Crippen molar-refractivity contribution < 1.29 is 4.74 Å². The summed E-state index contributed by atoms with van der Waals surface area (Å²) in [6.07, 6.45) is 14.5. The first kappa shape index (κ1) is 14.5. The van der Waals surface area contributed by atoms with E-state index < -0.39 is 0 Å². The lowest BCUT2D eigenvalue weighted by molar-refractivity contribution is -0.0906. The zero-order valence-corrected chi connectivity index (χ0v) is 13.7. The highest BCUT2D eigenvalue weighted by atomic mass is 16.5. The van der Waals surface area contributed by atoms with Crippen molar-refractivity contribution in [1.82, 2.24) is 0 Å². The maximum atomic E-state index is 6.69. The summed E-state index contributed by atoms with van der Waals surface area (Å²) >= 11 is 0. The average Bonchev–Trinajstić information content (AvgIpc) is 2.45. The molecule has 0 aromatic heterocycles. The van der Waals surface area contributed by atoms with Crippen LogP contribution in [0.2, 0.25) is 0 Å². The molecule has 2 nitrogen and oxygen atoms in total. The van der Waals surface area contributed by atoms with E-state index in [4.69, 9.17) is 10.5 Å². The molecule has 2 heteroatoms. The van der Waals surface area contributed by atoms with Crippen LogP contribution in [0.1, 0.15) is 71.1 Å². The molecule has 5 aliphatic rings. The highest BCUT2D eigenvalue weighted by Crippen LogP contribution is 2.61. The van der Waals surface area contributed by atoms with Crippen molar-refractivity contribution in [3.8, 4) is 0 Å². The zero-order chi connectivity index (χ0) is 14.4. The molecule has 5 rings (SSSR count). The van der Waals surface area contributed by atoms with Gasteiger partial charge in [-0.25, -0.2) is 0 Å². The van der Waals surface area contributed by atoms with Gasteiger partial charge in [-0.05, 0) is 93.3 Å². The van der Waals surface area contributed by atoms with Gasteiger partial charge in [-0.15, -0.1) is 0 Å². The average molecular weight is 291 g/mol. The third-order valence-corrected chi connectivity index (χ3v) is 7.35. The van der Waals surface area contributed by atoms with Crippen molar-refractivity contribution in [2.24, 2.45) is 34.8 Å². The first-order valence-electron chi connectivity index (χ1n) is 9.50. The highest BCUT2D eigenvalue weighted by molar-refractivity contribution is 5.05. The molecular weight excluding hydrogens is 258 g/mol. The summed E-state index contributed by atoms with van der Waals surface area (Å²) in [7, 11) is 0. The molecule has 5 saturated carbocycles. The van der Waals surface area contributed by atoms with E-state index in [1.165, 1.54) is 64.2 Å². The molecule has 2 N–H and O–H groups in total. The van der Waals surface area contributed by atoms with E-state index in [1.54, 1.807) is 0 Å². The van der Waals surface area contributed by atoms with Crippen molar-refractivity contribution in [3.05, 3.63) is 0 Å². The Labute approximate surface area is 130 Å². The minimum atomic E-state index is 0.297. The normalized spacial score (nSPS) is 50.3. The van der Waals surface area contributed by atoms with Gasteiger partial charge in [-0.3, -0.25) is 0 Å². The van der Waals surface area contributed by atoms with Gasteiger partial charge in [0.1, 0.15) is 0 Å². The molecule has 0 amide bonds. The maximum Gasteiger partial charge on any atom is 0.0626 e. The Bertz CT molecular complexity index is 336. The molecule has 0 saturated heterocycles. The topological polar surface area (TPSA) is 35.2 Å². The fraction of sp³-hybridized carbons (Fsp3) is 1.00. The molecule has 120 valence electrons. The third-order valence-electron chi connectivity index (χ3n) is 7.35. The van der Waals surface area contributed by atoms with Crippen LogP contribution < -0.4 is 5.73 Å². The molecule has 4 bridgehead atoms. The molecular formula is C19H33NO. The second-order valence-electron chi connectivity index (χ2n) is 9.10. The Kier molecular flexibility index (Phi) is 3.82. The molecule has 1 atom stereocenters. The Morgan fingerprint density at radius 1 is 0.952 bits per heavy atom. The van der Waals surface area contributed by atoms with Crippen molar-refractivity contribution in [1.29, 1.82) is 0 Å². The first-order valence-corrected chi connectivity index (χ1v) is 9.50. The molecule has 1 unspecified atom stereocenters. The molecule has 0 heterocycles. The second-order valence-corrected chi connectivity index (χ2v) is 9.10. The Morgan fingerprint density at radius 2 is 1.48 bits per heavy atom. The summed E-state index contributed by atoms with van der Waals surface area (Å²) in [5, 5.41) is 0. The smallest absolute Gasteiger partial charge is 0.0626 e. The van der Waals surface area contributed by atoms with Crippen LogP contribution in [-0.2, 0) is 4.74 Å². The van der Waals surface area contributed by atoms with E-state index >= 15 is 0 Å². The molecule has 5 aliphatic carbocycles. The molecule has 21 heavy (non-hydrogen) atoms. The number of ether oxygens (including phenoxy) is 1. The van der Waals surface area contributed by atoms with Gasteiger partial charge in [0, 0.05) is 6.04 Å². The number of hydrogen-bond donors (Lipinski definition) is 1. The van der Waals surface area contributed by atoms with Crippen LogP contribution in [0.25, 0.3) is 0 Å². The van der Waals surface area contributed by atoms with Crippen LogP contribution in [-0.4, -0.2) is 18.8 Å². The largest absolute Gasteiger partial charge is 0.377 e. The van der Waals surface area contributed by atoms with E-state index in [-0.39, 0.29) is 0 Å². The lowest BCUT2D eigenvalue weighted by Gasteiger charge is -2.59. The summed E-state index contributed by atoms with van der Waals surface area (Å²) in [4.78, 5) is 0.